The van der Waals surface area contributed by atoms with Crippen LogP contribution in [0.1, 0.15) is 29.8 Å². The van der Waals surface area contributed by atoms with Crippen molar-refractivity contribution in [1.82, 2.24) is 4.31 Å². The first kappa shape index (κ1) is 20.5. The Labute approximate surface area is 158 Å². The van der Waals surface area contributed by atoms with Gasteiger partial charge in [0, 0.05) is 30.8 Å². The lowest BCUT2D eigenvalue weighted by molar-refractivity contribution is -0.384. The van der Waals surface area contributed by atoms with Crippen molar-refractivity contribution >= 4 is 27.3 Å². The van der Waals surface area contributed by atoms with Crippen LogP contribution in [-0.2, 0) is 10.0 Å². The minimum atomic E-state index is -3.63. The van der Waals surface area contributed by atoms with Crippen molar-refractivity contribution in [3.05, 3.63) is 63.7 Å². The summed E-state index contributed by atoms with van der Waals surface area (Å²) in [4.78, 5) is 22.8. The van der Waals surface area contributed by atoms with Gasteiger partial charge in [-0.05, 0) is 50.6 Å². The van der Waals surface area contributed by atoms with Crippen LogP contribution < -0.4 is 5.32 Å². The van der Waals surface area contributed by atoms with E-state index in [2.05, 4.69) is 5.32 Å². The summed E-state index contributed by atoms with van der Waals surface area (Å²) in [6.07, 6.45) is 0. The van der Waals surface area contributed by atoms with Crippen LogP contribution in [0.4, 0.5) is 11.4 Å². The summed E-state index contributed by atoms with van der Waals surface area (Å²) in [6.45, 7) is 5.25. The van der Waals surface area contributed by atoms with Crippen molar-refractivity contribution < 1.29 is 18.1 Å². The summed E-state index contributed by atoms with van der Waals surface area (Å²) in [5.41, 5.74) is 1.11. The molecule has 2 aromatic carbocycles. The highest BCUT2D eigenvalue weighted by Crippen LogP contribution is 2.23. The Morgan fingerprint density at radius 3 is 2.26 bits per heavy atom. The number of nitrogens with zero attached hydrogens (tertiary/aromatic N) is 2. The van der Waals surface area contributed by atoms with E-state index in [1.807, 2.05) is 0 Å². The second kappa shape index (κ2) is 7.85. The molecule has 144 valence electrons. The van der Waals surface area contributed by atoms with Crippen molar-refractivity contribution in [2.45, 2.75) is 31.7 Å². The first-order valence-electron chi connectivity index (χ1n) is 8.18. The molecular formula is C18H21N3O5S. The molecular weight excluding hydrogens is 370 g/mol. The molecule has 0 bridgehead atoms. The molecule has 0 fully saturated rings. The van der Waals surface area contributed by atoms with E-state index < -0.39 is 20.9 Å². The van der Waals surface area contributed by atoms with E-state index in [0.717, 1.165) is 0 Å². The first-order chi connectivity index (χ1) is 12.5. The van der Waals surface area contributed by atoms with Gasteiger partial charge >= 0.3 is 0 Å². The number of hydrogen-bond acceptors (Lipinski definition) is 5. The zero-order chi connectivity index (χ0) is 20.4. The average Bonchev–Trinajstić information content (AvgIpc) is 2.62. The van der Waals surface area contributed by atoms with Crippen molar-refractivity contribution in [1.29, 1.82) is 0 Å². The van der Waals surface area contributed by atoms with Gasteiger partial charge in [0.2, 0.25) is 10.0 Å². The van der Waals surface area contributed by atoms with Crippen LogP contribution in [0, 0.1) is 17.0 Å². The second-order valence-corrected chi connectivity index (χ2v) is 8.35. The lowest BCUT2D eigenvalue weighted by atomic mass is 10.1. The molecule has 0 unspecified atom stereocenters. The Bertz CT molecular complexity index is 969. The number of nitro benzene ring substituents is 1. The predicted molar refractivity (Wildman–Crippen MR) is 102 cm³/mol. The maximum absolute atomic E-state index is 12.5. The van der Waals surface area contributed by atoms with E-state index in [9.17, 15) is 23.3 Å². The van der Waals surface area contributed by atoms with Gasteiger partial charge < -0.3 is 5.32 Å². The molecule has 2 aromatic rings. The molecule has 1 N–H and O–H groups in total. The molecule has 9 heteroatoms. The van der Waals surface area contributed by atoms with Crippen LogP contribution in [0.25, 0.3) is 0 Å². The molecule has 1 amide bonds. The average molecular weight is 391 g/mol. The van der Waals surface area contributed by atoms with Gasteiger partial charge in [0.25, 0.3) is 11.6 Å². The fourth-order valence-electron chi connectivity index (χ4n) is 2.27. The lowest BCUT2D eigenvalue weighted by Gasteiger charge is -2.21. The fourth-order valence-corrected chi connectivity index (χ4v) is 3.64. The van der Waals surface area contributed by atoms with E-state index >= 15 is 0 Å². The van der Waals surface area contributed by atoms with Crippen LogP contribution >= 0.6 is 0 Å². The quantitative estimate of drug-likeness (QED) is 0.601. The summed E-state index contributed by atoms with van der Waals surface area (Å²) >= 11 is 0. The Morgan fingerprint density at radius 2 is 1.74 bits per heavy atom. The Morgan fingerprint density at radius 1 is 1.15 bits per heavy atom. The number of amides is 1. The number of non-ortho nitro benzene ring substituents is 1. The topological polar surface area (TPSA) is 110 Å². The molecule has 27 heavy (non-hydrogen) atoms. The van der Waals surface area contributed by atoms with Crippen molar-refractivity contribution in [3.8, 4) is 0 Å². The number of nitrogens with one attached hydrogen (secondary N) is 1. The van der Waals surface area contributed by atoms with E-state index in [1.54, 1.807) is 26.8 Å². The highest BCUT2D eigenvalue weighted by Gasteiger charge is 2.23. The molecule has 0 saturated carbocycles. The molecule has 0 aliphatic carbocycles. The summed E-state index contributed by atoms with van der Waals surface area (Å²) < 4.78 is 26.2. The van der Waals surface area contributed by atoms with Gasteiger partial charge in [-0.2, -0.15) is 4.31 Å². The van der Waals surface area contributed by atoms with Crippen molar-refractivity contribution in [2.24, 2.45) is 0 Å². The minimum absolute atomic E-state index is 0.0850. The summed E-state index contributed by atoms with van der Waals surface area (Å²) in [5.74, 6) is -0.486. The number of hydrogen-bond donors (Lipinski definition) is 1. The molecule has 0 spiro atoms. The first-order valence-corrected chi connectivity index (χ1v) is 9.62. The van der Waals surface area contributed by atoms with Gasteiger partial charge in [-0.25, -0.2) is 8.42 Å². The van der Waals surface area contributed by atoms with Crippen LogP contribution in [-0.4, -0.2) is 36.6 Å². The molecule has 0 radical (unpaired) electrons. The number of benzene rings is 2. The highest BCUT2D eigenvalue weighted by molar-refractivity contribution is 7.89. The standard InChI is InChI=1S/C18H21N3O5S/c1-12(2)20(4)27(25,26)16-9-6-14(7-10-16)18(22)19-17-11-15(21(23)24)8-5-13(17)3/h5-12H,1-4H3,(H,19,22). The van der Waals surface area contributed by atoms with Gasteiger partial charge in [0.05, 0.1) is 15.5 Å². The number of anilines is 1. The largest absolute Gasteiger partial charge is 0.321 e. The Balaban J connectivity index is 2.24. The predicted octanol–water partition coefficient (Wildman–Crippen LogP) is 3.18. The number of aryl methyl sites for hydroxylation is 1. The van der Waals surface area contributed by atoms with Crippen LogP contribution in [0.15, 0.2) is 47.4 Å². The molecule has 2 rings (SSSR count). The summed E-state index contributed by atoms with van der Waals surface area (Å²) in [5, 5.41) is 13.5. The molecule has 0 heterocycles. The molecule has 0 aromatic heterocycles. The number of nitro groups is 1. The molecule has 0 atom stereocenters. The minimum Gasteiger partial charge on any atom is -0.321 e. The SMILES string of the molecule is Cc1ccc([N+](=O)[O-])cc1NC(=O)c1ccc(S(=O)(=O)N(C)C(C)C)cc1. The van der Waals surface area contributed by atoms with Gasteiger partial charge in [-0.1, -0.05) is 6.07 Å². The van der Waals surface area contributed by atoms with Crippen molar-refractivity contribution in [3.63, 3.8) is 0 Å². The van der Waals surface area contributed by atoms with E-state index in [-0.39, 0.29) is 22.2 Å². The third kappa shape index (κ3) is 4.50. The van der Waals surface area contributed by atoms with Gasteiger partial charge in [0.15, 0.2) is 0 Å². The van der Waals surface area contributed by atoms with Gasteiger partial charge in [0.1, 0.15) is 0 Å². The second-order valence-electron chi connectivity index (χ2n) is 6.35. The summed E-state index contributed by atoms with van der Waals surface area (Å²) in [7, 11) is -2.14. The van der Waals surface area contributed by atoms with Crippen LogP contribution in [0.2, 0.25) is 0 Å². The monoisotopic (exact) mass is 391 g/mol. The lowest BCUT2D eigenvalue weighted by Crippen LogP contribution is -2.33. The fraction of sp³-hybridized carbons (Fsp3) is 0.278. The summed E-state index contributed by atoms with van der Waals surface area (Å²) in [6, 6.07) is 9.53. The zero-order valence-electron chi connectivity index (χ0n) is 15.5. The van der Waals surface area contributed by atoms with Crippen molar-refractivity contribution in [2.75, 3.05) is 12.4 Å². The third-order valence-corrected chi connectivity index (χ3v) is 6.25. The molecule has 0 aliphatic rings. The normalized spacial score (nSPS) is 11.6. The highest BCUT2D eigenvalue weighted by atomic mass is 32.2. The molecule has 0 saturated heterocycles. The van der Waals surface area contributed by atoms with Crippen LogP contribution in [0.3, 0.4) is 0 Å². The van der Waals surface area contributed by atoms with Gasteiger partial charge in [-0.3, -0.25) is 14.9 Å². The Hall–Kier alpha value is -2.78. The van der Waals surface area contributed by atoms with Gasteiger partial charge in [-0.15, -0.1) is 0 Å². The Kier molecular flexibility index (Phi) is 5.97. The smallest absolute Gasteiger partial charge is 0.271 e. The number of sulfonamides is 1. The molecule has 8 nitrogen and oxygen atoms in total. The van der Waals surface area contributed by atoms with E-state index in [1.165, 1.54) is 47.8 Å². The zero-order valence-corrected chi connectivity index (χ0v) is 16.3. The maximum atomic E-state index is 12.5. The maximum Gasteiger partial charge on any atom is 0.271 e. The van der Waals surface area contributed by atoms with E-state index in [4.69, 9.17) is 0 Å². The molecule has 0 aliphatic heterocycles. The third-order valence-electron chi connectivity index (χ3n) is 4.20. The number of carbonyl (C=O) groups is 1. The van der Waals surface area contributed by atoms with E-state index in [0.29, 0.717) is 11.3 Å². The van der Waals surface area contributed by atoms with Crippen LogP contribution in [0.5, 0.6) is 0 Å². The number of carbonyl (C=O) groups excluding carboxylic acids is 1. The number of rotatable bonds is 6.